The van der Waals surface area contributed by atoms with Crippen LogP contribution in [0.1, 0.15) is 18.5 Å². The number of benzene rings is 1. The smallest absolute Gasteiger partial charge is 0.290 e. The summed E-state index contributed by atoms with van der Waals surface area (Å²) in [5, 5.41) is 21.2. The topological polar surface area (TPSA) is 101 Å². The second-order valence-corrected chi connectivity index (χ2v) is 4.78. The molecule has 0 aromatic heterocycles. The number of rotatable bonds is 5. The zero-order chi connectivity index (χ0) is 16.4. The summed E-state index contributed by atoms with van der Waals surface area (Å²) in [6.07, 6.45) is 1.43. The van der Waals surface area contributed by atoms with Crippen molar-refractivity contribution in [2.45, 2.75) is 13.0 Å². The van der Waals surface area contributed by atoms with Crippen LogP contribution in [0.3, 0.4) is 0 Å². The van der Waals surface area contributed by atoms with E-state index in [4.69, 9.17) is 0 Å². The number of Topliss-reactive ketones (excluding diaryl/α,β-unsaturated/α-hetero) is 1. The highest BCUT2D eigenvalue weighted by atomic mass is 16.6. The van der Waals surface area contributed by atoms with Gasteiger partial charge >= 0.3 is 0 Å². The summed E-state index contributed by atoms with van der Waals surface area (Å²) in [7, 11) is 0. The minimum atomic E-state index is -0.996. The van der Waals surface area contributed by atoms with Crippen molar-refractivity contribution in [1.29, 1.82) is 0 Å². The molecule has 1 unspecified atom stereocenters. The molecule has 7 heteroatoms. The van der Waals surface area contributed by atoms with Gasteiger partial charge in [-0.05, 0) is 13.0 Å². The second-order valence-electron chi connectivity index (χ2n) is 4.78. The molecule has 0 saturated carbocycles. The van der Waals surface area contributed by atoms with Gasteiger partial charge < -0.3 is 10.0 Å². The lowest BCUT2D eigenvalue weighted by atomic mass is 9.95. The highest BCUT2D eigenvalue weighted by Gasteiger charge is 2.44. The summed E-state index contributed by atoms with van der Waals surface area (Å²) in [5.41, 5.74) is -0.180. The first-order chi connectivity index (χ1) is 10.4. The number of aliphatic hydroxyl groups is 1. The lowest BCUT2D eigenvalue weighted by Crippen LogP contribution is -2.31. The number of hydrogen-bond donors (Lipinski definition) is 1. The molecule has 1 N–H and O–H groups in total. The van der Waals surface area contributed by atoms with Gasteiger partial charge in [-0.25, -0.2) is 0 Å². The van der Waals surface area contributed by atoms with E-state index in [9.17, 15) is 24.8 Å². The Labute approximate surface area is 126 Å². The van der Waals surface area contributed by atoms with Crippen molar-refractivity contribution in [2.75, 3.05) is 6.54 Å². The van der Waals surface area contributed by atoms with Crippen molar-refractivity contribution in [3.8, 4) is 0 Å². The van der Waals surface area contributed by atoms with E-state index in [2.05, 4.69) is 6.58 Å². The monoisotopic (exact) mass is 302 g/mol. The van der Waals surface area contributed by atoms with Crippen LogP contribution >= 0.6 is 0 Å². The molecule has 1 heterocycles. The van der Waals surface area contributed by atoms with E-state index in [0.717, 1.165) is 0 Å². The van der Waals surface area contributed by atoms with E-state index < -0.39 is 28.4 Å². The van der Waals surface area contributed by atoms with Gasteiger partial charge in [0.1, 0.15) is 0 Å². The van der Waals surface area contributed by atoms with E-state index in [1.54, 1.807) is 6.07 Å². The maximum absolute atomic E-state index is 12.1. The number of amides is 1. The quantitative estimate of drug-likeness (QED) is 0.509. The van der Waals surface area contributed by atoms with Crippen LogP contribution in [0.25, 0.3) is 0 Å². The second kappa shape index (κ2) is 5.80. The zero-order valence-electron chi connectivity index (χ0n) is 11.9. The van der Waals surface area contributed by atoms with Crippen molar-refractivity contribution in [2.24, 2.45) is 0 Å². The molecule has 0 radical (unpaired) electrons. The van der Waals surface area contributed by atoms with Gasteiger partial charge in [0.25, 0.3) is 11.6 Å². The molecule has 0 bridgehead atoms. The third-order valence-electron chi connectivity index (χ3n) is 3.44. The largest absolute Gasteiger partial charge is 0.503 e. The first-order valence-corrected chi connectivity index (χ1v) is 6.49. The van der Waals surface area contributed by atoms with Crippen LogP contribution in [0.2, 0.25) is 0 Å². The highest BCUT2D eigenvalue weighted by Crippen LogP contribution is 2.40. The van der Waals surface area contributed by atoms with Gasteiger partial charge in [0.15, 0.2) is 11.5 Å². The van der Waals surface area contributed by atoms with Gasteiger partial charge in [-0.3, -0.25) is 19.7 Å². The maximum atomic E-state index is 12.1. The van der Waals surface area contributed by atoms with Crippen LogP contribution in [0.5, 0.6) is 0 Å². The summed E-state index contributed by atoms with van der Waals surface area (Å²) in [5.74, 6) is -1.92. The normalized spacial score (nSPS) is 17.8. The van der Waals surface area contributed by atoms with Crippen molar-refractivity contribution in [3.63, 3.8) is 0 Å². The average Bonchev–Trinajstić information content (AvgIpc) is 2.72. The first kappa shape index (κ1) is 15.4. The van der Waals surface area contributed by atoms with Crippen LogP contribution in [-0.2, 0) is 9.59 Å². The van der Waals surface area contributed by atoms with E-state index in [-0.39, 0.29) is 23.4 Å². The number of hydrogen-bond acceptors (Lipinski definition) is 5. The molecule has 1 amide bonds. The van der Waals surface area contributed by atoms with Crippen molar-refractivity contribution in [1.82, 2.24) is 4.90 Å². The number of nitrogens with zero attached hydrogens (tertiary/aromatic N) is 2. The highest BCUT2D eigenvalue weighted by molar-refractivity contribution is 6.08. The SMILES string of the molecule is C=CCN1C(=O)C(O)=C(C(C)=O)C1c1ccccc1[N+](=O)[O-]. The Bertz CT molecular complexity index is 708. The van der Waals surface area contributed by atoms with Crippen LogP contribution in [0.15, 0.2) is 48.3 Å². The lowest BCUT2D eigenvalue weighted by molar-refractivity contribution is -0.385. The summed E-state index contributed by atoms with van der Waals surface area (Å²) in [6, 6.07) is 4.83. The van der Waals surface area contributed by atoms with E-state index in [1.165, 1.54) is 36.1 Å². The zero-order valence-corrected chi connectivity index (χ0v) is 11.9. The molecule has 1 aromatic carbocycles. The standard InChI is InChI=1S/C15H14N2O5/c1-3-8-16-13(12(9(2)18)14(19)15(16)20)10-6-4-5-7-11(10)17(21)22/h3-7,13,19H,1,8H2,2H3. The molecule has 0 aliphatic carbocycles. The van der Waals surface area contributed by atoms with E-state index in [0.29, 0.717) is 0 Å². The molecular weight excluding hydrogens is 288 g/mol. The molecule has 0 spiro atoms. The van der Waals surface area contributed by atoms with Gasteiger partial charge in [0, 0.05) is 12.6 Å². The third-order valence-corrected chi connectivity index (χ3v) is 3.44. The van der Waals surface area contributed by atoms with Gasteiger partial charge in [0.05, 0.1) is 22.1 Å². The molecule has 1 atom stereocenters. The Morgan fingerprint density at radius 2 is 2.14 bits per heavy atom. The Kier molecular flexibility index (Phi) is 4.07. The van der Waals surface area contributed by atoms with Gasteiger partial charge in [-0.1, -0.05) is 18.2 Å². The molecule has 1 aromatic rings. The Morgan fingerprint density at radius 3 is 2.68 bits per heavy atom. The molecule has 2 rings (SSSR count). The first-order valence-electron chi connectivity index (χ1n) is 6.49. The van der Waals surface area contributed by atoms with Gasteiger partial charge in [0.2, 0.25) is 0 Å². The fourth-order valence-electron chi connectivity index (χ4n) is 2.55. The third kappa shape index (κ3) is 2.37. The number of nitro groups is 1. The molecule has 22 heavy (non-hydrogen) atoms. The number of ketones is 1. The van der Waals surface area contributed by atoms with Crippen molar-refractivity contribution < 1.29 is 19.6 Å². The molecule has 0 fully saturated rings. The maximum Gasteiger partial charge on any atom is 0.290 e. The Morgan fingerprint density at radius 1 is 1.50 bits per heavy atom. The molecule has 0 saturated heterocycles. The van der Waals surface area contributed by atoms with Crippen molar-refractivity contribution >= 4 is 17.4 Å². The van der Waals surface area contributed by atoms with Crippen molar-refractivity contribution in [3.05, 3.63) is 63.9 Å². The number of aliphatic hydroxyl groups excluding tert-OH is 1. The van der Waals surface area contributed by atoms with Crippen LogP contribution in [-0.4, -0.2) is 33.2 Å². The molecule has 1 aliphatic rings. The predicted molar refractivity (Wildman–Crippen MR) is 78.1 cm³/mol. The van der Waals surface area contributed by atoms with E-state index >= 15 is 0 Å². The number of carbonyl (C=O) groups is 2. The van der Waals surface area contributed by atoms with Crippen LogP contribution < -0.4 is 0 Å². The fraction of sp³-hybridized carbons (Fsp3) is 0.200. The van der Waals surface area contributed by atoms with E-state index in [1.807, 2.05) is 0 Å². The summed E-state index contributed by atoms with van der Waals surface area (Å²) in [4.78, 5) is 35.7. The van der Waals surface area contributed by atoms with Crippen LogP contribution in [0.4, 0.5) is 5.69 Å². The average molecular weight is 302 g/mol. The minimum absolute atomic E-state index is 0.0520. The number of carbonyl (C=O) groups excluding carboxylic acids is 2. The lowest BCUT2D eigenvalue weighted by Gasteiger charge is -2.25. The van der Waals surface area contributed by atoms with Gasteiger partial charge in [-0.2, -0.15) is 0 Å². The number of para-hydroxylation sites is 1. The summed E-state index contributed by atoms with van der Waals surface area (Å²) in [6.45, 7) is 4.78. The number of nitro benzene ring substituents is 1. The molecule has 7 nitrogen and oxygen atoms in total. The van der Waals surface area contributed by atoms with Crippen LogP contribution in [0, 0.1) is 10.1 Å². The minimum Gasteiger partial charge on any atom is -0.503 e. The Hall–Kier alpha value is -2.96. The summed E-state index contributed by atoms with van der Waals surface area (Å²) >= 11 is 0. The molecular formula is C15H14N2O5. The molecule has 1 aliphatic heterocycles. The molecule has 114 valence electrons. The summed E-state index contributed by atoms with van der Waals surface area (Å²) < 4.78 is 0. The van der Waals surface area contributed by atoms with Gasteiger partial charge in [-0.15, -0.1) is 6.58 Å². The Balaban J connectivity index is 2.68. The predicted octanol–water partition coefficient (Wildman–Crippen LogP) is 2.07. The fourth-order valence-corrected chi connectivity index (χ4v) is 2.55.